The first-order chi connectivity index (χ1) is 17.1. The fourth-order valence-electron chi connectivity index (χ4n) is 4.04. The van der Waals surface area contributed by atoms with E-state index in [2.05, 4.69) is 0 Å². The van der Waals surface area contributed by atoms with Gasteiger partial charge in [0.2, 0.25) is 0 Å². The van der Waals surface area contributed by atoms with Crippen LogP contribution in [0.3, 0.4) is 0 Å². The summed E-state index contributed by atoms with van der Waals surface area (Å²) in [7, 11) is 0. The van der Waals surface area contributed by atoms with Gasteiger partial charge in [-0.05, 0) is 84.6 Å². The maximum atomic E-state index is 14.3. The quantitative estimate of drug-likeness (QED) is 0.236. The highest BCUT2D eigenvalue weighted by atomic mass is 19.1. The van der Waals surface area contributed by atoms with Crippen molar-refractivity contribution in [2.24, 2.45) is 0 Å². The lowest BCUT2D eigenvalue weighted by atomic mass is 9.97. The summed E-state index contributed by atoms with van der Waals surface area (Å²) in [6.07, 6.45) is -1.29. The van der Waals surface area contributed by atoms with Crippen LogP contribution in [0, 0.1) is 11.6 Å². The number of hydrogen-bond donors (Lipinski definition) is 0. The number of hydrogen-bond acceptors (Lipinski definition) is 3. The normalized spacial score (nSPS) is 12.7. The summed E-state index contributed by atoms with van der Waals surface area (Å²) in [5.41, 5.74) is 2.87. The lowest BCUT2D eigenvalue weighted by molar-refractivity contribution is 0.0303. The maximum Gasteiger partial charge on any atom is 0.123 e. The zero-order valence-corrected chi connectivity index (χ0v) is 19.8. The van der Waals surface area contributed by atoms with E-state index in [1.54, 1.807) is 12.1 Å². The van der Waals surface area contributed by atoms with Crippen molar-refractivity contribution in [1.29, 1.82) is 0 Å². The van der Waals surface area contributed by atoms with Gasteiger partial charge in [0.25, 0.3) is 0 Å². The lowest BCUT2D eigenvalue weighted by Crippen LogP contribution is -2.14. The van der Waals surface area contributed by atoms with Crippen molar-refractivity contribution in [2.75, 3.05) is 13.2 Å². The van der Waals surface area contributed by atoms with Gasteiger partial charge in [0.1, 0.15) is 35.3 Å². The van der Waals surface area contributed by atoms with Gasteiger partial charge in [-0.3, -0.25) is 0 Å². The molecule has 0 amide bonds. The van der Waals surface area contributed by atoms with Gasteiger partial charge >= 0.3 is 0 Å². The van der Waals surface area contributed by atoms with Gasteiger partial charge in [0.15, 0.2) is 0 Å². The summed E-state index contributed by atoms with van der Waals surface area (Å²) in [5.74, 6) is 0.654. The molecule has 35 heavy (non-hydrogen) atoms. The molecule has 0 aliphatic rings. The molecule has 0 saturated carbocycles. The van der Waals surface area contributed by atoms with Crippen molar-refractivity contribution in [3.8, 4) is 11.5 Å². The van der Waals surface area contributed by atoms with E-state index in [-0.39, 0.29) is 11.6 Å². The highest BCUT2D eigenvalue weighted by Gasteiger charge is 2.25. The average molecular weight is 475 g/mol. The van der Waals surface area contributed by atoms with Crippen molar-refractivity contribution in [3.63, 3.8) is 0 Å². The van der Waals surface area contributed by atoms with Crippen LogP contribution in [-0.4, -0.2) is 13.2 Å². The Kier molecular flexibility index (Phi) is 8.11. The largest absolute Gasteiger partial charge is 0.494 e. The maximum absolute atomic E-state index is 14.3. The third kappa shape index (κ3) is 6.25. The van der Waals surface area contributed by atoms with E-state index in [1.807, 2.05) is 74.5 Å². The topological polar surface area (TPSA) is 27.7 Å². The van der Waals surface area contributed by atoms with Crippen LogP contribution in [0.15, 0.2) is 97.1 Å². The molecular formula is C30H28F2O3. The molecule has 0 bridgehead atoms. The molecule has 0 aliphatic carbocycles. The van der Waals surface area contributed by atoms with Gasteiger partial charge in [0.05, 0.1) is 13.2 Å². The molecule has 0 aliphatic heterocycles. The molecule has 0 saturated heterocycles. The van der Waals surface area contributed by atoms with Crippen LogP contribution < -0.4 is 9.47 Å². The van der Waals surface area contributed by atoms with E-state index in [4.69, 9.17) is 14.2 Å². The van der Waals surface area contributed by atoms with E-state index >= 15 is 0 Å². The first-order valence-corrected chi connectivity index (χ1v) is 11.7. The summed E-state index contributed by atoms with van der Waals surface area (Å²) >= 11 is 0. The number of benzene rings is 4. The molecule has 4 rings (SSSR count). The number of ether oxygens (including phenoxy) is 3. The van der Waals surface area contributed by atoms with Crippen LogP contribution in [0.1, 0.15) is 48.3 Å². The molecule has 180 valence electrons. The van der Waals surface area contributed by atoms with Crippen LogP contribution in [0.4, 0.5) is 8.78 Å². The third-order valence-corrected chi connectivity index (χ3v) is 5.52. The minimum Gasteiger partial charge on any atom is -0.494 e. The van der Waals surface area contributed by atoms with Crippen molar-refractivity contribution in [2.45, 2.75) is 26.1 Å². The van der Waals surface area contributed by atoms with Crippen LogP contribution in [0.25, 0.3) is 0 Å². The van der Waals surface area contributed by atoms with E-state index in [0.717, 1.165) is 11.1 Å². The summed E-state index contributed by atoms with van der Waals surface area (Å²) < 4.78 is 46.7. The molecule has 4 aromatic carbocycles. The van der Waals surface area contributed by atoms with E-state index in [9.17, 15) is 8.78 Å². The Morgan fingerprint density at radius 3 is 1.29 bits per heavy atom. The molecule has 2 atom stereocenters. The van der Waals surface area contributed by atoms with Gasteiger partial charge < -0.3 is 14.2 Å². The molecule has 0 aromatic heterocycles. The predicted molar refractivity (Wildman–Crippen MR) is 133 cm³/mol. The summed E-state index contributed by atoms with van der Waals surface area (Å²) in [5, 5.41) is 0. The smallest absolute Gasteiger partial charge is 0.123 e. The molecular weight excluding hydrogens is 446 g/mol. The zero-order valence-electron chi connectivity index (χ0n) is 19.8. The first-order valence-electron chi connectivity index (χ1n) is 11.7. The predicted octanol–water partition coefficient (Wildman–Crippen LogP) is 7.66. The fourth-order valence-corrected chi connectivity index (χ4v) is 4.04. The van der Waals surface area contributed by atoms with E-state index in [0.29, 0.717) is 35.8 Å². The lowest BCUT2D eigenvalue weighted by Gasteiger charge is -2.27. The minimum atomic E-state index is -0.643. The zero-order chi connectivity index (χ0) is 24.6. The van der Waals surface area contributed by atoms with Gasteiger partial charge in [0, 0.05) is 0 Å². The Hall–Kier alpha value is -3.70. The first kappa shape index (κ1) is 24.4. The van der Waals surface area contributed by atoms with Crippen molar-refractivity contribution < 1.29 is 23.0 Å². The Labute approximate surface area is 204 Å². The molecule has 0 N–H and O–H groups in total. The average Bonchev–Trinajstić information content (AvgIpc) is 2.85. The highest BCUT2D eigenvalue weighted by Crippen LogP contribution is 2.38. The summed E-state index contributed by atoms with van der Waals surface area (Å²) in [6, 6.07) is 27.7. The molecule has 5 heteroatoms. The van der Waals surface area contributed by atoms with Crippen molar-refractivity contribution >= 4 is 0 Å². The second kappa shape index (κ2) is 11.6. The summed E-state index contributed by atoms with van der Waals surface area (Å²) in [4.78, 5) is 0. The molecule has 0 radical (unpaired) electrons. The molecule has 3 nitrogen and oxygen atoms in total. The van der Waals surface area contributed by atoms with Crippen LogP contribution >= 0.6 is 0 Å². The van der Waals surface area contributed by atoms with Crippen LogP contribution in [-0.2, 0) is 4.74 Å². The SMILES string of the molecule is CCOc1cccc(C(OC(c2cccc(F)c2)c2cccc(OCC)c2)c2cccc(F)c2)c1. The molecule has 0 fully saturated rings. The number of halogens is 2. The van der Waals surface area contributed by atoms with Gasteiger partial charge in [-0.1, -0.05) is 48.5 Å². The second-order valence-corrected chi connectivity index (χ2v) is 8.02. The van der Waals surface area contributed by atoms with Crippen molar-refractivity contribution in [1.82, 2.24) is 0 Å². The Morgan fingerprint density at radius 2 is 0.914 bits per heavy atom. The van der Waals surface area contributed by atoms with Crippen LogP contribution in [0.2, 0.25) is 0 Å². The molecule has 0 heterocycles. The van der Waals surface area contributed by atoms with Gasteiger partial charge in [-0.25, -0.2) is 8.78 Å². The highest BCUT2D eigenvalue weighted by molar-refractivity contribution is 5.39. The van der Waals surface area contributed by atoms with E-state index in [1.165, 1.54) is 24.3 Å². The van der Waals surface area contributed by atoms with Gasteiger partial charge in [-0.2, -0.15) is 0 Å². The Morgan fingerprint density at radius 1 is 0.543 bits per heavy atom. The monoisotopic (exact) mass is 474 g/mol. The summed E-state index contributed by atoms with van der Waals surface area (Å²) in [6.45, 7) is 4.87. The standard InChI is InChI=1S/C30H28F2O3/c1-3-33-27-15-7-11-23(19-27)29(21-9-5-13-25(31)17-21)35-30(22-10-6-14-26(32)18-22)24-12-8-16-28(20-24)34-4-2/h5-20,29-30H,3-4H2,1-2H3. The Balaban J connectivity index is 1.82. The Bertz CT molecular complexity index is 1160. The van der Waals surface area contributed by atoms with Gasteiger partial charge in [-0.15, -0.1) is 0 Å². The molecule has 4 aromatic rings. The fraction of sp³-hybridized carbons (Fsp3) is 0.200. The van der Waals surface area contributed by atoms with Crippen molar-refractivity contribution in [3.05, 3.63) is 131 Å². The van der Waals surface area contributed by atoms with E-state index < -0.39 is 12.2 Å². The number of rotatable bonds is 10. The molecule has 0 spiro atoms. The second-order valence-electron chi connectivity index (χ2n) is 8.02. The van der Waals surface area contributed by atoms with Crippen LogP contribution in [0.5, 0.6) is 11.5 Å². The third-order valence-electron chi connectivity index (χ3n) is 5.52. The minimum absolute atomic E-state index is 0.363. The molecule has 2 unspecified atom stereocenters.